The first kappa shape index (κ1) is 12.8. The van der Waals surface area contributed by atoms with Gasteiger partial charge in [0.05, 0.1) is 11.9 Å². The standard InChI is InChI=1S/C16H15N3S/c1-11-7-8-13-5-3-4-6-14(13)15(11)9-17-19-16-18-12(2)10-20-16/h3-10H,1-2H3,(H,18,19). The molecule has 3 aromatic rings. The topological polar surface area (TPSA) is 37.3 Å². The van der Waals surface area contributed by atoms with Crippen LogP contribution in [0.25, 0.3) is 10.8 Å². The van der Waals surface area contributed by atoms with E-state index in [-0.39, 0.29) is 0 Å². The van der Waals surface area contributed by atoms with Gasteiger partial charge in [-0.05, 0) is 30.2 Å². The van der Waals surface area contributed by atoms with Gasteiger partial charge >= 0.3 is 0 Å². The summed E-state index contributed by atoms with van der Waals surface area (Å²) in [6, 6.07) is 12.6. The number of nitrogens with one attached hydrogen (secondary N) is 1. The van der Waals surface area contributed by atoms with Crippen LogP contribution < -0.4 is 5.43 Å². The zero-order chi connectivity index (χ0) is 13.9. The fraction of sp³-hybridized carbons (Fsp3) is 0.125. The van der Waals surface area contributed by atoms with Gasteiger partial charge in [0.25, 0.3) is 0 Å². The van der Waals surface area contributed by atoms with E-state index in [1.807, 2.05) is 18.5 Å². The van der Waals surface area contributed by atoms with Gasteiger partial charge in [-0.1, -0.05) is 36.4 Å². The van der Waals surface area contributed by atoms with Gasteiger partial charge in [-0.25, -0.2) is 4.98 Å². The van der Waals surface area contributed by atoms with Gasteiger partial charge in [0.15, 0.2) is 0 Å². The number of hydrazone groups is 1. The highest BCUT2D eigenvalue weighted by molar-refractivity contribution is 7.13. The quantitative estimate of drug-likeness (QED) is 0.572. The van der Waals surface area contributed by atoms with Crippen LogP contribution in [0.2, 0.25) is 0 Å². The molecule has 0 aliphatic rings. The molecule has 4 heteroatoms. The SMILES string of the molecule is Cc1csc(NN=Cc2c(C)ccc3ccccc23)n1. The van der Waals surface area contributed by atoms with Gasteiger partial charge in [-0.3, -0.25) is 5.43 Å². The molecule has 0 aliphatic carbocycles. The van der Waals surface area contributed by atoms with E-state index in [0.29, 0.717) is 0 Å². The summed E-state index contributed by atoms with van der Waals surface area (Å²) in [5.74, 6) is 0. The second-order valence-corrected chi connectivity index (χ2v) is 5.54. The molecule has 0 saturated heterocycles. The summed E-state index contributed by atoms with van der Waals surface area (Å²) in [6.45, 7) is 4.07. The molecular weight excluding hydrogens is 266 g/mol. The predicted octanol–water partition coefficient (Wildman–Crippen LogP) is 4.36. The molecule has 20 heavy (non-hydrogen) atoms. The molecule has 1 heterocycles. The molecule has 3 rings (SSSR count). The molecule has 1 aromatic heterocycles. The van der Waals surface area contributed by atoms with Crippen molar-refractivity contribution in [1.29, 1.82) is 0 Å². The number of fused-ring (bicyclic) bond motifs is 1. The van der Waals surface area contributed by atoms with E-state index in [9.17, 15) is 0 Å². The van der Waals surface area contributed by atoms with Gasteiger partial charge in [0, 0.05) is 10.9 Å². The highest BCUT2D eigenvalue weighted by atomic mass is 32.1. The summed E-state index contributed by atoms with van der Waals surface area (Å²) in [6.07, 6.45) is 1.87. The fourth-order valence-electron chi connectivity index (χ4n) is 2.13. The summed E-state index contributed by atoms with van der Waals surface area (Å²) in [7, 11) is 0. The van der Waals surface area contributed by atoms with Crippen LogP contribution in [-0.4, -0.2) is 11.2 Å². The molecular formula is C16H15N3S. The number of thiazole rings is 1. The number of rotatable bonds is 3. The van der Waals surface area contributed by atoms with E-state index in [4.69, 9.17) is 0 Å². The Hall–Kier alpha value is -2.20. The Morgan fingerprint density at radius 3 is 2.80 bits per heavy atom. The Morgan fingerprint density at radius 1 is 1.15 bits per heavy atom. The summed E-state index contributed by atoms with van der Waals surface area (Å²) in [5.41, 5.74) is 6.35. The van der Waals surface area contributed by atoms with E-state index < -0.39 is 0 Å². The molecule has 0 aliphatic heterocycles. The largest absolute Gasteiger partial charge is 0.253 e. The van der Waals surface area contributed by atoms with Crippen molar-refractivity contribution in [1.82, 2.24) is 4.98 Å². The first-order valence-corrected chi connectivity index (χ1v) is 7.31. The van der Waals surface area contributed by atoms with E-state index in [1.54, 1.807) is 11.3 Å². The van der Waals surface area contributed by atoms with Gasteiger partial charge in [0.1, 0.15) is 0 Å². The normalized spacial score (nSPS) is 11.3. The lowest BCUT2D eigenvalue weighted by atomic mass is 10.0. The van der Waals surface area contributed by atoms with Crippen LogP contribution in [0, 0.1) is 13.8 Å². The number of nitrogens with zero attached hydrogens (tertiary/aromatic N) is 2. The molecule has 0 bridgehead atoms. The highest BCUT2D eigenvalue weighted by Gasteiger charge is 2.02. The van der Waals surface area contributed by atoms with E-state index in [1.165, 1.54) is 16.3 Å². The van der Waals surface area contributed by atoms with Crippen molar-refractivity contribution in [3.63, 3.8) is 0 Å². The molecule has 0 fully saturated rings. The molecule has 0 saturated carbocycles. The maximum Gasteiger partial charge on any atom is 0.203 e. The highest BCUT2D eigenvalue weighted by Crippen LogP contribution is 2.21. The third kappa shape index (κ3) is 2.56. The minimum Gasteiger partial charge on any atom is -0.253 e. The molecule has 3 nitrogen and oxygen atoms in total. The van der Waals surface area contributed by atoms with Gasteiger partial charge in [-0.2, -0.15) is 5.10 Å². The average Bonchev–Trinajstić information content (AvgIpc) is 2.87. The van der Waals surface area contributed by atoms with Crippen molar-refractivity contribution < 1.29 is 0 Å². The smallest absolute Gasteiger partial charge is 0.203 e. The lowest BCUT2D eigenvalue weighted by molar-refractivity contribution is 1.22. The second kappa shape index (κ2) is 5.43. The summed E-state index contributed by atoms with van der Waals surface area (Å²) >= 11 is 1.56. The van der Waals surface area contributed by atoms with Crippen LogP contribution in [0.5, 0.6) is 0 Å². The molecule has 0 unspecified atom stereocenters. The van der Waals surface area contributed by atoms with Crippen molar-refractivity contribution in [3.05, 3.63) is 58.6 Å². The minimum atomic E-state index is 0.816. The zero-order valence-corrected chi connectivity index (χ0v) is 12.2. The Bertz CT molecular complexity index is 774. The van der Waals surface area contributed by atoms with Crippen molar-refractivity contribution in [2.75, 3.05) is 5.43 Å². The van der Waals surface area contributed by atoms with Crippen LogP contribution in [0.15, 0.2) is 46.9 Å². The maximum absolute atomic E-state index is 4.32. The van der Waals surface area contributed by atoms with Crippen LogP contribution in [0.4, 0.5) is 5.13 Å². The molecule has 0 radical (unpaired) electrons. The average molecular weight is 281 g/mol. The van der Waals surface area contributed by atoms with Crippen LogP contribution >= 0.6 is 11.3 Å². The Kier molecular flexibility index (Phi) is 3.48. The van der Waals surface area contributed by atoms with Crippen LogP contribution in [0.1, 0.15) is 16.8 Å². The third-order valence-corrected chi connectivity index (χ3v) is 4.03. The molecule has 0 spiro atoms. The monoisotopic (exact) mass is 281 g/mol. The number of aryl methyl sites for hydroxylation is 2. The Balaban J connectivity index is 1.92. The summed E-state index contributed by atoms with van der Waals surface area (Å²) in [4.78, 5) is 4.32. The van der Waals surface area contributed by atoms with Crippen LogP contribution in [-0.2, 0) is 0 Å². The maximum atomic E-state index is 4.32. The lowest BCUT2D eigenvalue weighted by Gasteiger charge is -2.05. The Labute approximate surface area is 122 Å². The second-order valence-electron chi connectivity index (χ2n) is 4.68. The third-order valence-electron chi connectivity index (χ3n) is 3.16. The minimum absolute atomic E-state index is 0.816. The van der Waals surface area contributed by atoms with Crippen LogP contribution in [0.3, 0.4) is 0 Å². The number of aromatic nitrogens is 1. The molecule has 0 atom stereocenters. The fourth-order valence-corrected chi connectivity index (χ4v) is 2.77. The Morgan fingerprint density at radius 2 is 2.00 bits per heavy atom. The molecule has 1 N–H and O–H groups in total. The molecule has 0 amide bonds. The van der Waals surface area contributed by atoms with Gasteiger partial charge in [0.2, 0.25) is 5.13 Å². The van der Waals surface area contributed by atoms with Crippen molar-refractivity contribution in [2.24, 2.45) is 5.10 Å². The zero-order valence-electron chi connectivity index (χ0n) is 11.4. The van der Waals surface area contributed by atoms with Crippen molar-refractivity contribution in [3.8, 4) is 0 Å². The lowest BCUT2D eigenvalue weighted by Crippen LogP contribution is -1.93. The molecule has 100 valence electrons. The number of benzene rings is 2. The summed E-state index contributed by atoms with van der Waals surface area (Å²) in [5, 5.41) is 9.57. The number of anilines is 1. The predicted molar refractivity (Wildman–Crippen MR) is 86.8 cm³/mol. The van der Waals surface area contributed by atoms with Crippen molar-refractivity contribution >= 4 is 33.5 Å². The van der Waals surface area contributed by atoms with E-state index in [0.717, 1.165) is 16.4 Å². The summed E-state index contributed by atoms with van der Waals surface area (Å²) < 4.78 is 0. The number of hydrogen-bond acceptors (Lipinski definition) is 4. The van der Waals surface area contributed by atoms with Gasteiger partial charge in [-0.15, -0.1) is 11.3 Å². The molecule has 2 aromatic carbocycles. The number of hydrogen-bond donors (Lipinski definition) is 1. The first-order valence-electron chi connectivity index (χ1n) is 6.43. The van der Waals surface area contributed by atoms with E-state index >= 15 is 0 Å². The van der Waals surface area contributed by atoms with E-state index in [2.05, 4.69) is 58.8 Å². The first-order chi connectivity index (χ1) is 9.74. The van der Waals surface area contributed by atoms with Crippen molar-refractivity contribution in [2.45, 2.75) is 13.8 Å². The van der Waals surface area contributed by atoms with Gasteiger partial charge < -0.3 is 0 Å².